The van der Waals surface area contributed by atoms with Gasteiger partial charge in [0.15, 0.2) is 0 Å². The lowest BCUT2D eigenvalue weighted by molar-refractivity contribution is -0.128. The van der Waals surface area contributed by atoms with Gasteiger partial charge >= 0.3 is 0 Å². The molecule has 35 heavy (non-hydrogen) atoms. The highest BCUT2D eigenvalue weighted by Crippen LogP contribution is 2.71. The summed E-state index contributed by atoms with van der Waals surface area (Å²) >= 11 is 0. The van der Waals surface area contributed by atoms with E-state index in [1.807, 2.05) is 74.5 Å². The van der Waals surface area contributed by atoms with Gasteiger partial charge in [0.1, 0.15) is 11.6 Å². The van der Waals surface area contributed by atoms with Crippen molar-refractivity contribution in [3.8, 4) is 0 Å². The van der Waals surface area contributed by atoms with Crippen molar-refractivity contribution in [1.82, 2.24) is 0 Å². The van der Waals surface area contributed by atoms with Crippen molar-refractivity contribution in [1.29, 1.82) is 0 Å². The highest BCUT2D eigenvalue weighted by atomic mass is 32.3. The second kappa shape index (κ2) is 8.57. The molecule has 2 bridgehead atoms. The molecule has 0 aromatic heterocycles. The third-order valence-corrected chi connectivity index (χ3v) is 13.4. The van der Waals surface area contributed by atoms with E-state index in [-0.39, 0.29) is 17.5 Å². The first-order valence-corrected chi connectivity index (χ1v) is 14.9. The number of hydrogen-bond acceptors (Lipinski definition) is 4. The van der Waals surface area contributed by atoms with E-state index < -0.39 is 37.1 Å². The number of fused-ring (bicyclic) bond motifs is 2. The van der Waals surface area contributed by atoms with Crippen LogP contribution < -0.4 is 0 Å². The molecular formula is C28H29FO4S2. The van der Waals surface area contributed by atoms with Crippen LogP contribution in [0.25, 0.3) is 0 Å². The predicted octanol–water partition coefficient (Wildman–Crippen LogP) is 6.76. The van der Waals surface area contributed by atoms with Crippen LogP contribution in [0.2, 0.25) is 0 Å². The topological polar surface area (TPSA) is 60.4 Å². The molecule has 0 saturated heterocycles. The summed E-state index contributed by atoms with van der Waals surface area (Å²) in [6.45, 7) is 4.03. The zero-order valence-corrected chi connectivity index (χ0v) is 21.4. The van der Waals surface area contributed by atoms with E-state index in [2.05, 4.69) is 0 Å². The van der Waals surface area contributed by atoms with Crippen LogP contribution >= 0.6 is 10.3 Å². The van der Waals surface area contributed by atoms with E-state index in [0.29, 0.717) is 27.5 Å². The monoisotopic (exact) mass is 512 g/mol. The average Bonchev–Trinajstić information content (AvgIpc) is 3.18. The molecule has 2 unspecified atom stereocenters. The molecule has 0 N–H and O–H groups in total. The standard InChI is InChI=1S/C28H29FO4S2/c1-27(2)21-17-18-28(27,26(30)19-21)20-34(31,32)33-35(23-9-5-3-6-10-23,24-11-7-4-8-12-24)25-15-13-22(29)14-16-25/h3-16,21H,17-20H2,1-2H3. The molecule has 184 valence electrons. The van der Waals surface area contributed by atoms with E-state index in [1.54, 1.807) is 12.1 Å². The van der Waals surface area contributed by atoms with Gasteiger partial charge in [0.25, 0.3) is 10.1 Å². The van der Waals surface area contributed by atoms with Crippen molar-refractivity contribution >= 4 is 26.2 Å². The molecule has 7 heteroatoms. The molecule has 2 saturated carbocycles. The molecule has 4 nitrogen and oxygen atoms in total. The Morgan fingerprint density at radius 3 is 1.83 bits per heavy atom. The number of ketones is 1. The van der Waals surface area contributed by atoms with Gasteiger partial charge in [-0.25, -0.2) is 8.02 Å². The largest absolute Gasteiger partial charge is 0.299 e. The van der Waals surface area contributed by atoms with Gasteiger partial charge in [0.2, 0.25) is 0 Å². The molecule has 0 aliphatic heterocycles. The maximum atomic E-state index is 14.0. The van der Waals surface area contributed by atoms with Crippen LogP contribution in [0.1, 0.15) is 33.1 Å². The molecule has 3 aromatic rings. The minimum Gasteiger partial charge on any atom is -0.299 e. The minimum atomic E-state index is -4.20. The van der Waals surface area contributed by atoms with Gasteiger partial charge in [-0.1, -0.05) is 50.2 Å². The fourth-order valence-electron chi connectivity index (χ4n) is 5.97. The molecular weight excluding hydrogens is 483 g/mol. The number of hydrogen-bond donors (Lipinski definition) is 0. The van der Waals surface area contributed by atoms with Crippen LogP contribution in [0.5, 0.6) is 0 Å². The van der Waals surface area contributed by atoms with Crippen molar-refractivity contribution in [2.75, 3.05) is 5.75 Å². The lowest BCUT2D eigenvalue weighted by Gasteiger charge is -2.41. The Balaban J connectivity index is 1.68. The van der Waals surface area contributed by atoms with Gasteiger partial charge in [0, 0.05) is 21.1 Å². The van der Waals surface area contributed by atoms with Gasteiger partial charge in [0.05, 0.1) is 11.2 Å². The maximum absolute atomic E-state index is 14.0. The Morgan fingerprint density at radius 2 is 1.37 bits per heavy atom. The normalized spacial score (nSPS) is 24.0. The molecule has 0 spiro atoms. The van der Waals surface area contributed by atoms with Gasteiger partial charge in [-0.3, -0.25) is 4.79 Å². The Hall–Kier alpha value is -2.48. The SMILES string of the molecule is CC1(C)C2CCC1(CS(=O)(=O)OS(c1ccccc1)(c1ccccc1)c1ccc(F)cc1)C(=O)C2. The minimum absolute atomic E-state index is 0.0210. The Kier molecular flexibility index (Phi) is 5.93. The van der Waals surface area contributed by atoms with Crippen LogP contribution in [0.15, 0.2) is 99.6 Å². The molecule has 0 radical (unpaired) electrons. The summed E-state index contributed by atoms with van der Waals surface area (Å²) in [5.41, 5.74) is -1.36. The molecule has 3 aromatic carbocycles. The van der Waals surface area contributed by atoms with Crippen molar-refractivity contribution < 1.29 is 21.2 Å². The summed E-state index contributed by atoms with van der Waals surface area (Å²) in [6, 6.07) is 24.3. The highest BCUT2D eigenvalue weighted by Gasteiger charge is 2.65. The highest BCUT2D eigenvalue weighted by molar-refractivity contribution is 8.33. The molecule has 2 aliphatic rings. The van der Waals surface area contributed by atoms with Gasteiger partial charge in [-0.2, -0.15) is 8.42 Å². The third kappa shape index (κ3) is 3.85. The average molecular weight is 513 g/mol. The van der Waals surface area contributed by atoms with Gasteiger partial charge in [-0.15, -0.1) is 0 Å². The predicted molar refractivity (Wildman–Crippen MR) is 135 cm³/mol. The molecule has 2 aliphatic carbocycles. The lowest BCUT2D eigenvalue weighted by Crippen LogP contribution is -2.42. The van der Waals surface area contributed by atoms with E-state index in [0.717, 1.165) is 6.42 Å². The van der Waals surface area contributed by atoms with Crippen LogP contribution in [-0.2, 0) is 18.5 Å². The fourth-order valence-corrected chi connectivity index (χ4v) is 12.0. The van der Waals surface area contributed by atoms with Crippen molar-refractivity contribution in [3.05, 3.63) is 90.7 Å². The zero-order chi connectivity index (χ0) is 24.9. The summed E-state index contributed by atoms with van der Waals surface area (Å²) < 4.78 is 48.2. The van der Waals surface area contributed by atoms with Crippen LogP contribution in [-0.4, -0.2) is 20.0 Å². The molecule has 0 amide bonds. The number of benzene rings is 3. The zero-order valence-electron chi connectivity index (χ0n) is 19.8. The van der Waals surface area contributed by atoms with Crippen LogP contribution in [0.4, 0.5) is 4.39 Å². The van der Waals surface area contributed by atoms with E-state index in [4.69, 9.17) is 3.63 Å². The van der Waals surface area contributed by atoms with E-state index >= 15 is 0 Å². The number of carbonyl (C=O) groups excluding carboxylic acids is 1. The summed E-state index contributed by atoms with van der Waals surface area (Å²) in [6.07, 6.45) is 1.83. The molecule has 2 atom stereocenters. The lowest BCUT2D eigenvalue weighted by atomic mass is 9.70. The van der Waals surface area contributed by atoms with Crippen molar-refractivity contribution in [2.45, 2.75) is 47.8 Å². The molecule has 5 rings (SSSR count). The van der Waals surface area contributed by atoms with E-state index in [9.17, 15) is 17.6 Å². The Labute approximate surface area is 208 Å². The number of halogens is 1. The Morgan fingerprint density at radius 1 is 0.857 bits per heavy atom. The van der Waals surface area contributed by atoms with Gasteiger partial charge < -0.3 is 0 Å². The van der Waals surface area contributed by atoms with E-state index in [1.165, 1.54) is 12.1 Å². The first kappa shape index (κ1) is 24.2. The smallest absolute Gasteiger partial charge is 0.278 e. The number of carbonyl (C=O) groups is 1. The third-order valence-electron chi connectivity index (χ3n) is 8.06. The van der Waals surface area contributed by atoms with Crippen molar-refractivity contribution in [2.24, 2.45) is 16.7 Å². The van der Waals surface area contributed by atoms with Crippen LogP contribution in [0.3, 0.4) is 0 Å². The van der Waals surface area contributed by atoms with Crippen LogP contribution in [0, 0.1) is 22.6 Å². The summed E-state index contributed by atoms with van der Waals surface area (Å²) in [7, 11) is -6.99. The fraction of sp³-hybridized carbons (Fsp3) is 0.321. The quantitative estimate of drug-likeness (QED) is 0.351. The van der Waals surface area contributed by atoms with Gasteiger partial charge in [-0.05, 0) is 83.0 Å². The first-order valence-electron chi connectivity index (χ1n) is 11.8. The second-order valence-corrected chi connectivity index (χ2v) is 14.5. The van der Waals surface area contributed by atoms with Crippen molar-refractivity contribution in [3.63, 3.8) is 0 Å². The Bertz CT molecular complexity index is 1300. The summed E-state index contributed by atoms with van der Waals surface area (Å²) in [5.74, 6) is -0.548. The molecule has 0 heterocycles. The molecule has 2 fully saturated rings. The maximum Gasteiger partial charge on any atom is 0.278 e. The number of rotatable bonds is 7. The summed E-state index contributed by atoms with van der Waals surface area (Å²) in [5, 5.41) is 0. The second-order valence-electron chi connectivity index (χ2n) is 10.1. The number of Topliss-reactive ketones (excluding diaryl/α,β-unsaturated/α-hetero) is 1. The summed E-state index contributed by atoms with van der Waals surface area (Å²) in [4.78, 5) is 15.0. The first-order chi connectivity index (χ1) is 16.6.